The Bertz CT molecular complexity index is 538. The fraction of sp³-hybridized carbons (Fsp3) is 0.385. The molecule has 2 amide bonds. The van der Waals surface area contributed by atoms with Crippen LogP contribution in [-0.2, 0) is 9.53 Å². The molecule has 1 aromatic rings. The molecule has 0 bridgehead atoms. The zero-order valence-electron chi connectivity index (χ0n) is 10.9. The summed E-state index contributed by atoms with van der Waals surface area (Å²) in [6.45, 7) is 1.00. The van der Waals surface area contributed by atoms with Gasteiger partial charge in [0.05, 0.1) is 18.2 Å². The molecule has 0 radical (unpaired) electrons. The third kappa shape index (κ3) is 3.13. The number of ether oxygens (including phenoxy) is 1. The van der Waals surface area contributed by atoms with Crippen LogP contribution in [0.15, 0.2) is 22.7 Å². The minimum Gasteiger partial charge on any atom is -0.377 e. The number of carbonyl (C=O) groups is 2. The van der Waals surface area contributed by atoms with E-state index >= 15 is 0 Å². The lowest BCUT2D eigenvalue weighted by molar-refractivity contribution is -0.130. The van der Waals surface area contributed by atoms with Crippen LogP contribution in [0.4, 0.5) is 0 Å². The molecular weight excluding hydrogens is 348 g/mol. The van der Waals surface area contributed by atoms with Crippen LogP contribution in [-0.4, -0.2) is 49.6 Å². The Morgan fingerprint density at radius 1 is 1.50 bits per heavy atom. The van der Waals surface area contributed by atoms with Gasteiger partial charge in [-0.1, -0.05) is 11.6 Å². The normalized spacial score (nSPS) is 18.8. The lowest BCUT2D eigenvalue weighted by Crippen LogP contribution is -2.55. The van der Waals surface area contributed by atoms with Gasteiger partial charge in [0.1, 0.15) is 6.04 Å². The number of benzene rings is 1. The van der Waals surface area contributed by atoms with E-state index in [0.29, 0.717) is 23.7 Å². The average molecular weight is 362 g/mol. The van der Waals surface area contributed by atoms with Crippen molar-refractivity contribution in [2.45, 2.75) is 6.04 Å². The number of hydrogen-bond donors (Lipinski definition) is 1. The molecule has 0 saturated carbocycles. The van der Waals surface area contributed by atoms with Gasteiger partial charge in [-0.2, -0.15) is 0 Å². The van der Waals surface area contributed by atoms with Gasteiger partial charge >= 0.3 is 0 Å². The van der Waals surface area contributed by atoms with Crippen LogP contribution in [0.5, 0.6) is 0 Å². The number of rotatable bonds is 2. The summed E-state index contributed by atoms with van der Waals surface area (Å²) in [7, 11) is 1.54. The largest absolute Gasteiger partial charge is 0.377 e. The Hall–Kier alpha value is -1.11. The van der Waals surface area contributed by atoms with Crippen LogP contribution in [0.3, 0.4) is 0 Å². The van der Waals surface area contributed by atoms with Crippen molar-refractivity contribution in [2.24, 2.45) is 0 Å². The number of nitrogens with zero attached hydrogens (tertiary/aromatic N) is 1. The van der Waals surface area contributed by atoms with E-state index in [2.05, 4.69) is 21.2 Å². The van der Waals surface area contributed by atoms with Gasteiger partial charge < -0.3 is 15.0 Å². The number of morpholine rings is 1. The molecule has 20 heavy (non-hydrogen) atoms. The fourth-order valence-corrected chi connectivity index (χ4v) is 2.45. The van der Waals surface area contributed by atoms with E-state index in [1.807, 2.05) is 0 Å². The average Bonchev–Trinajstić information content (AvgIpc) is 2.48. The molecule has 0 aliphatic carbocycles. The van der Waals surface area contributed by atoms with Crippen LogP contribution >= 0.6 is 27.5 Å². The number of likely N-dealkylation sites (N-methyl/N-ethyl adjacent to an activating group) is 1. The second kappa shape index (κ2) is 6.56. The maximum Gasteiger partial charge on any atom is 0.254 e. The first-order chi connectivity index (χ1) is 9.54. The molecule has 7 heteroatoms. The lowest BCUT2D eigenvalue weighted by atomic mass is 10.1. The molecule has 0 aromatic heterocycles. The number of amides is 2. The molecule has 1 heterocycles. The molecular formula is C13H14BrClN2O3. The minimum absolute atomic E-state index is 0.204. The maximum absolute atomic E-state index is 12.5. The van der Waals surface area contributed by atoms with Gasteiger partial charge in [0, 0.05) is 23.6 Å². The summed E-state index contributed by atoms with van der Waals surface area (Å²) in [5, 5.41) is 3.00. The standard InChI is InChI=1S/C13H14BrClN2O3/c1-16-12(18)11-7-20-5-4-17(11)13(19)8-2-3-9(14)10(15)6-8/h2-3,6,11H,4-5,7H2,1H3,(H,16,18). The van der Waals surface area contributed by atoms with E-state index < -0.39 is 6.04 Å². The summed E-state index contributed by atoms with van der Waals surface area (Å²) in [6.07, 6.45) is 0. The van der Waals surface area contributed by atoms with Crippen molar-refractivity contribution >= 4 is 39.3 Å². The molecule has 1 unspecified atom stereocenters. The molecule has 1 aliphatic rings. The van der Waals surface area contributed by atoms with Crippen LogP contribution in [0.2, 0.25) is 5.02 Å². The first kappa shape index (κ1) is 15.3. The van der Waals surface area contributed by atoms with Crippen molar-refractivity contribution < 1.29 is 14.3 Å². The zero-order chi connectivity index (χ0) is 14.7. The van der Waals surface area contributed by atoms with Crippen LogP contribution in [0.1, 0.15) is 10.4 Å². The van der Waals surface area contributed by atoms with Gasteiger partial charge in [0.2, 0.25) is 5.91 Å². The Labute approximate surface area is 130 Å². The van der Waals surface area contributed by atoms with E-state index in [9.17, 15) is 9.59 Å². The highest BCUT2D eigenvalue weighted by Crippen LogP contribution is 2.24. The quantitative estimate of drug-likeness (QED) is 0.872. The molecule has 1 N–H and O–H groups in total. The topological polar surface area (TPSA) is 58.6 Å². The second-order valence-corrected chi connectivity index (χ2v) is 5.59. The van der Waals surface area contributed by atoms with Crippen LogP contribution in [0.25, 0.3) is 0 Å². The van der Waals surface area contributed by atoms with Gasteiger partial charge in [-0.25, -0.2) is 0 Å². The van der Waals surface area contributed by atoms with E-state index in [-0.39, 0.29) is 18.4 Å². The molecule has 1 aliphatic heterocycles. The highest BCUT2D eigenvalue weighted by molar-refractivity contribution is 9.10. The predicted molar refractivity (Wildman–Crippen MR) is 78.9 cm³/mol. The minimum atomic E-state index is -0.608. The summed E-state index contributed by atoms with van der Waals surface area (Å²) in [5.41, 5.74) is 0.453. The van der Waals surface area contributed by atoms with E-state index in [1.54, 1.807) is 18.2 Å². The van der Waals surface area contributed by atoms with E-state index in [0.717, 1.165) is 4.47 Å². The first-order valence-electron chi connectivity index (χ1n) is 6.10. The van der Waals surface area contributed by atoms with Crippen molar-refractivity contribution in [3.63, 3.8) is 0 Å². The Balaban J connectivity index is 2.25. The van der Waals surface area contributed by atoms with Gasteiger partial charge in [-0.15, -0.1) is 0 Å². The van der Waals surface area contributed by atoms with Crippen molar-refractivity contribution in [3.8, 4) is 0 Å². The molecule has 1 fully saturated rings. The molecule has 108 valence electrons. The summed E-state index contributed by atoms with van der Waals surface area (Å²) in [4.78, 5) is 25.8. The van der Waals surface area contributed by atoms with Gasteiger partial charge in [0.25, 0.3) is 5.91 Å². The number of halogens is 2. The monoisotopic (exact) mass is 360 g/mol. The third-order valence-electron chi connectivity index (χ3n) is 3.10. The summed E-state index contributed by atoms with van der Waals surface area (Å²) in [6, 6.07) is 4.37. The van der Waals surface area contributed by atoms with E-state index in [1.165, 1.54) is 11.9 Å². The fourth-order valence-electron chi connectivity index (χ4n) is 2.03. The molecule has 1 atom stereocenters. The summed E-state index contributed by atoms with van der Waals surface area (Å²) < 4.78 is 6.00. The van der Waals surface area contributed by atoms with Gasteiger partial charge in [-0.3, -0.25) is 9.59 Å². The zero-order valence-corrected chi connectivity index (χ0v) is 13.2. The van der Waals surface area contributed by atoms with Crippen LogP contribution < -0.4 is 5.32 Å². The van der Waals surface area contributed by atoms with Crippen molar-refractivity contribution in [2.75, 3.05) is 26.8 Å². The molecule has 0 spiro atoms. The molecule has 2 rings (SSSR count). The maximum atomic E-state index is 12.5. The summed E-state index contributed by atoms with van der Waals surface area (Å²) in [5.74, 6) is -0.461. The molecule has 5 nitrogen and oxygen atoms in total. The highest BCUT2D eigenvalue weighted by atomic mass is 79.9. The first-order valence-corrected chi connectivity index (χ1v) is 7.27. The van der Waals surface area contributed by atoms with Gasteiger partial charge in [-0.05, 0) is 34.1 Å². The Kier molecular flexibility index (Phi) is 5.01. The van der Waals surface area contributed by atoms with Crippen molar-refractivity contribution in [3.05, 3.63) is 33.3 Å². The third-order valence-corrected chi connectivity index (χ3v) is 4.34. The number of nitrogens with one attached hydrogen (secondary N) is 1. The van der Waals surface area contributed by atoms with Crippen molar-refractivity contribution in [1.29, 1.82) is 0 Å². The second-order valence-electron chi connectivity index (χ2n) is 4.33. The predicted octanol–water partition coefficient (Wildman–Crippen LogP) is 1.69. The number of hydrogen-bond acceptors (Lipinski definition) is 3. The Morgan fingerprint density at radius 3 is 2.90 bits per heavy atom. The number of carbonyl (C=O) groups excluding carboxylic acids is 2. The lowest BCUT2D eigenvalue weighted by Gasteiger charge is -2.34. The van der Waals surface area contributed by atoms with Crippen LogP contribution in [0, 0.1) is 0 Å². The molecule has 1 aromatic carbocycles. The van der Waals surface area contributed by atoms with E-state index in [4.69, 9.17) is 16.3 Å². The Morgan fingerprint density at radius 2 is 2.25 bits per heavy atom. The highest BCUT2D eigenvalue weighted by Gasteiger charge is 2.32. The SMILES string of the molecule is CNC(=O)C1COCCN1C(=O)c1ccc(Br)c(Cl)c1. The molecule has 1 saturated heterocycles. The van der Waals surface area contributed by atoms with Gasteiger partial charge in [0.15, 0.2) is 0 Å². The summed E-state index contributed by atoms with van der Waals surface area (Å²) >= 11 is 9.28. The van der Waals surface area contributed by atoms with Crippen molar-refractivity contribution in [1.82, 2.24) is 10.2 Å². The smallest absolute Gasteiger partial charge is 0.254 e.